The molecule has 0 aliphatic carbocycles. The lowest BCUT2D eigenvalue weighted by Crippen LogP contribution is -2.34. The van der Waals surface area contributed by atoms with Gasteiger partial charge >= 0.3 is 0 Å². The largest absolute Gasteiger partial charge is 0.386 e. The summed E-state index contributed by atoms with van der Waals surface area (Å²) in [5, 5.41) is 2.81. The van der Waals surface area contributed by atoms with Crippen LogP contribution in [0.4, 0.5) is 0 Å². The number of nitrogens with zero attached hydrogens (tertiary/aromatic N) is 1. The summed E-state index contributed by atoms with van der Waals surface area (Å²) in [4.78, 5) is 28.1. The van der Waals surface area contributed by atoms with Gasteiger partial charge in [-0.1, -0.05) is 194 Å². The summed E-state index contributed by atoms with van der Waals surface area (Å²) in [5.41, 5.74) is 5.88. The quantitative estimate of drug-likeness (QED) is 0.0434. The van der Waals surface area contributed by atoms with Crippen LogP contribution < -0.4 is 11.1 Å². The molecule has 254 valence electrons. The maximum absolute atomic E-state index is 12.1. The summed E-state index contributed by atoms with van der Waals surface area (Å²) in [6.07, 6.45) is 40.4. The maximum atomic E-state index is 12.1. The van der Waals surface area contributed by atoms with Crippen molar-refractivity contribution in [3.63, 3.8) is 0 Å². The number of unbranched alkanes of at least 4 members (excludes halogenated alkanes) is 28. The molecule has 0 aliphatic heterocycles. The van der Waals surface area contributed by atoms with Crippen LogP contribution >= 0.6 is 0 Å². The highest BCUT2D eigenvalue weighted by Gasteiger charge is 2.05. The lowest BCUT2D eigenvalue weighted by atomic mass is 10.0. The Balaban J connectivity index is 3.46. The van der Waals surface area contributed by atoms with Gasteiger partial charge in [0.1, 0.15) is 5.84 Å². The lowest BCUT2D eigenvalue weighted by Gasteiger charge is -2.06. The minimum atomic E-state index is -0.163. The van der Waals surface area contributed by atoms with Crippen LogP contribution in [0, 0.1) is 0 Å². The van der Waals surface area contributed by atoms with Gasteiger partial charge in [0.2, 0.25) is 11.8 Å². The summed E-state index contributed by atoms with van der Waals surface area (Å²) < 4.78 is 0. The first kappa shape index (κ1) is 41.6. The van der Waals surface area contributed by atoms with Crippen LogP contribution in [-0.4, -0.2) is 24.2 Å². The Labute approximate surface area is 268 Å². The molecule has 5 nitrogen and oxygen atoms in total. The summed E-state index contributed by atoms with van der Waals surface area (Å²) in [6, 6.07) is 0. The molecule has 0 atom stereocenters. The van der Waals surface area contributed by atoms with E-state index in [9.17, 15) is 9.59 Å². The van der Waals surface area contributed by atoms with Crippen molar-refractivity contribution in [3.8, 4) is 0 Å². The zero-order valence-electron chi connectivity index (χ0n) is 29.2. The third-order valence-electron chi connectivity index (χ3n) is 8.74. The van der Waals surface area contributed by atoms with E-state index in [0.717, 1.165) is 25.7 Å². The molecule has 0 fully saturated rings. The van der Waals surface area contributed by atoms with Gasteiger partial charge in [-0.2, -0.15) is 4.99 Å². The summed E-state index contributed by atoms with van der Waals surface area (Å²) >= 11 is 0. The van der Waals surface area contributed by atoms with Crippen molar-refractivity contribution >= 4 is 17.6 Å². The number of hydrogen-bond acceptors (Lipinski definition) is 2. The number of rotatable bonds is 34. The second kappa shape index (κ2) is 35.1. The molecule has 3 N–H and O–H groups in total. The number of carbonyl (C=O) groups excluding carboxylic acids is 2. The van der Waals surface area contributed by atoms with Crippen LogP contribution in [0.3, 0.4) is 0 Å². The number of amides is 2. The van der Waals surface area contributed by atoms with Gasteiger partial charge in [-0.25, -0.2) is 0 Å². The Bertz CT molecular complexity index is 635. The fraction of sp³-hybridized carbons (Fsp3) is 0.921. The number of aliphatic imine (C=N–C) groups is 1. The van der Waals surface area contributed by atoms with Gasteiger partial charge < -0.3 is 11.1 Å². The highest BCUT2D eigenvalue weighted by molar-refractivity contribution is 5.96. The number of nitrogens with two attached hydrogens (primary N) is 1. The minimum Gasteiger partial charge on any atom is -0.386 e. The van der Waals surface area contributed by atoms with Crippen molar-refractivity contribution < 1.29 is 9.59 Å². The highest BCUT2D eigenvalue weighted by atomic mass is 16.2. The van der Waals surface area contributed by atoms with E-state index in [1.807, 2.05) is 0 Å². The Morgan fingerprint density at radius 2 is 0.721 bits per heavy atom. The third kappa shape index (κ3) is 35.0. The van der Waals surface area contributed by atoms with E-state index >= 15 is 0 Å². The fourth-order valence-electron chi connectivity index (χ4n) is 5.84. The minimum absolute atomic E-state index is 0.00250. The zero-order chi connectivity index (χ0) is 31.5. The Hall–Kier alpha value is -1.39. The lowest BCUT2D eigenvalue weighted by molar-refractivity contribution is -0.121. The van der Waals surface area contributed by atoms with Crippen LogP contribution in [-0.2, 0) is 9.59 Å². The fourth-order valence-corrected chi connectivity index (χ4v) is 5.84. The normalized spacial score (nSPS) is 11.7. The molecular weight excluding hydrogens is 530 g/mol. The first-order valence-corrected chi connectivity index (χ1v) is 19.2. The standard InChI is InChI=1S/C38H75N3O2/c1-3-5-7-9-11-13-15-17-19-21-23-25-27-29-31-33-37(42)40-35-36(39)41-38(43)34-32-30-28-26-24-22-20-18-16-14-12-10-8-6-4-2/h3-35H2,1-2H3,(H,40,42)(H2,39,41,43). The van der Waals surface area contributed by atoms with Crippen molar-refractivity contribution in [2.75, 3.05) is 6.54 Å². The summed E-state index contributed by atoms with van der Waals surface area (Å²) in [6.45, 7) is 4.72. The third-order valence-corrected chi connectivity index (χ3v) is 8.74. The van der Waals surface area contributed by atoms with Gasteiger partial charge in [0.05, 0.1) is 6.54 Å². The molecule has 0 saturated carbocycles. The second-order valence-corrected chi connectivity index (χ2v) is 13.2. The molecule has 0 unspecified atom stereocenters. The number of amidine groups is 1. The van der Waals surface area contributed by atoms with Gasteiger partial charge in [-0.3, -0.25) is 9.59 Å². The monoisotopic (exact) mass is 606 g/mol. The molecule has 0 aliphatic rings. The van der Waals surface area contributed by atoms with Crippen molar-refractivity contribution in [2.45, 2.75) is 219 Å². The van der Waals surface area contributed by atoms with Crippen molar-refractivity contribution in [2.24, 2.45) is 10.7 Å². The van der Waals surface area contributed by atoms with Gasteiger partial charge in [-0.05, 0) is 12.8 Å². The van der Waals surface area contributed by atoms with Crippen LogP contribution in [0.15, 0.2) is 4.99 Å². The molecule has 0 aromatic carbocycles. The Morgan fingerprint density at radius 3 is 1.05 bits per heavy atom. The van der Waals surface area contributed by atoms with Crippen molar-refractivity contribution in [3.05, 3.63) is 0 Å². The van der Waals surface area contributed by atoms with Gasteiger partial charge in [0.25, 0.3) is 0 Å². The topological polar surface area (TPSA) is 84.6 Å². The molecule has 2 amide bonds. The van der Waals surface area contributed by atoms with E-state index in [-0.39, 0.29) is 24.2 Å². The van der Waals surface area contributed by atoms with Gasteiger partial charge in [0, 0.05) is 12.8 Å². The first-order valence-electron chi connectivity index (χ1n) is 19.2. The predicted molar refractivity (Wildman–Crippen MR) is 189 cm³/mol. The molecule has 0 spiro atoms. The van der Waals surface area contributed by atoms with Crippen LogP contribution in [0.2, 0.25) is 0 Å². The number of hydrogen-bond donors (Lipinski definition) is 2. The van der Waals surface area contributed by atoms with Crippen LogP contribution in [0.25, 0.3) is 0 Å². The van der Waals surface area contributed by atoms with E-state index in [0.29, 0.717) is 12.8 Å². The SMILES string of the molecule is CCCCCCCCCCCCCCCCCC(=O)N=C(N)CNC(=O)CCCCCCCCCCCCCCCCC. The molecule has 5 heteroatoms. The van der Waals surface area contributed by atoms with Crippen LogP contribution in [0.5, 0.6) is 0 Å². The average Bonchev–Trinajstić information content (AvgIpc) is 3.00. The van der Waals surface area contributed by atoms with Crippen molar-refractivity contribution in [1.82, 2.24) is 5.32 Å². The van der Waals surface area contributed by atoms with Crippen LogP contribution in [0.1, 0.15) is 219 Å². The first-order chi connectivity index (χ1) is 21.1. The van der Waals surface area contributed by atoms with Crippen molar-refractivity contribution in [1.29, 1.82) is 0 Å². The van der Waals surface area contributed by atoms with Gasteiger partial charge in [-0.15, -0.1) is 0 Å². The predicted octanol–water partition coefficient (Wildman–Crippen LogP) is 11.5. The average molecular weight is 606 g/mol. The zero-order valence-corrected chi connectivity index (χ0v) is 29.2. The second-order valence-electron chi connectivity index (χ2n) is 13.2. The molecule has 0 aromatic heterocycles. The Morgan fingerprint density at radius 1 is 0.442 bits per heavy atom. The molecule has 0 rings (SSSR count). The molecule has 0 bridgehead atoms. The molecule has 43 heavy (non-hydrogen) atoms. The molecule has 0 saturated heterocycles. The smallest absolute Gasteiger partial charge is 0.247 e. The van der Waals surface area contributed by atoms with Gasteiger partial charge in [0.15, 0.2) is 0 Å². The maximum Gasteiger partial charge on any atom is 0.247 e. The molecule has 0 radical (unpaired) electrons. The number of carbonyl (C=O) groups is 2. The van der Waals surface area contributed by atoms with E-state index in [1.165, 1.54) is 167 Å². The Kier molecular flexibility index (Phi) is 34.0. The molecular formula is C38H75N3O2. The molecule has 0 aromatic rings. The van der Waals surface area contributed by atoms with E-state index < -0.39 is 0 Å². The highest BCUT2D eigenvalue weighted by Crippen LogP contribution is 2.15. The van der Waals surface area contributed by atoms with E-state index in [4.69, 9.17) is 5.73 Å². The summed E-state index contributed by atoms with van der Waals surface area (Å²) in [5.74, 6) is 0.0577. The molecule has 0 heterocycles. The van der Waals surface area contributed by atoms with E-state index in [2.05, 4.69) is 24.2 Å². The number of nitrogens with one attached hydrogen (secondary N) is 1. The summed E-state index contributed by atoms with van der Waals surface area (Å²) in [7, 11) is 0. The van der Waals surface area contributed by atoms with E-state index in [1.54, 1.807) is 0 Å².